The van der Waals surface area contributed by atoms with Gasteiger partial charge in [-0.2, -0.15) is 0 Å². The number of amides is 4. The molecule has 0 aromatic carbocycles. The smallest absolute Gasteiger partial charge is 0.326 e. The van der Waals surface area contributed by atoms with E-state index < -0.39 is 12.1 Å². The molecule has 0 saturated carbocycles. The third kappa shape index (κ3) is 3.88. The quantitative estimate of drug-likeness (QED) is 0.781. The Hall–Kier alpha value is -2.38. The minimum absolute atomic E-state index is 0.0673. The summed E-state index contributed by atoms with van der Waals surface area (Å²) in [6, 6.07) is 0.661. The van der Waals surface area contributed by atoms with Gasteiger partial charge in [0.1, 0.15) is 17.5 Å². The van der Waals surface area contributed by atoms with Gasteiger partial charge < -0.3 is 14.7 Å². The van der Waals surface area contributed by atoms with Crippen LogP contribution in [0.3, 0.4) is 0 Å². The Labute approximate surface area is 134 Å². The standard InChI is InChI=1S/C15H22N4O4/c1-9(2)5-11-6-10(17-23-11)8-16-13(20)7-12-14(21)19(4)15(22)18(12)3/h6,9,12H,5,7-8H2,1-4H3,(H,16,20)/t12-/m0/s1. The van der Waals surface area contributed by atoms with Crippen LogP contribution < -0.4 is 5.32 Å². The van der Waals surface area contributed by atoms with Crippen LogP contribution in [0.5, 0.6) is 0 Å². The van der Waals surface area contributed by atoms with E-state index in [1.807, 2.05) is 6.07 Å². The van der Waals surface area contributed by atoms with Crippen LogP contribution in [0.4, 0.5) is 4.79 Å². The topological polar surface area (TPSA) is 95.8 Å². The van der Waals surface area contributed by atoms with Crippen molar-refractivity contribution in [1.29, 1.82) is 0 Å². The number of carbonyl (C=O) groups excluding carboxylic acids is 3. The molecule has 1 N–H and O–H groups in total. The molecule has 2 heterocycles. The number of nitrogens with one attached hydrogen (secondary N) is 1. The van der Waals surface area contributed by atoms with Gasteiger partial charge in [-0.25, -0.2) is 4.79 Å². The summed E-state index contributed by atoms with van der Waals surface area (Å²) in [6.45, 7) is 4.39. The van der Waals surface area contributed by atoms with E-state index in [1.165, 1.54) is 19.0 Å². The third-order valence-corrected chi connectivity index (χ3v) is 3.73. The lowest BCUT2D eigenvalue weighted by atomic mass is 10.1. The molecule has 8 nitrogen and oxygen atoms in total. The van der Waals surface area contributed by atoms with Gasteiger partial charge in [0.25, 0.3) is 5.91 Å². The van der Waals surface area contributed by atoms with Crippen molar-refractivity contribution in [2.24, 2.45) is 5.92 Å². The van der Waals surface area contributed by atoms with Gasteiger partial charge in [0, 0.05) is 26.6 Å². The highest BCUT2D eigenvalue weighted by atomic mass is 16.5. The Morgan fingerprint density at radius 3 is 2.65 bits per heavy atom. The number of likely N-dealkylation sites (N-methyl/N-ethyl adjacent to an activating group) is 2. The highest BCUT2D eigenvalue weighted by Gasteiger charge is 2.41. The van der Waals surface area contributed by atoms with Crippen molar-refractivity contribution in [3.63, 3.8) is 0 Å². The molecule has 1 fully saturated rings. The fraction of sp³-hybridized carbons (Fsp3) is 0.600. The first-order valence-corrected chi connectivity index (χ1v) is 7.55. The number of imide groups is 1. The third-order valence-electron chi connectivity index (χ3n) is 3.73. The lowest BCUT2D eigenvalue weighted by molar-refractivity contribution is -0.131. The Kier molecular flexibility index (Phi) is 5.02. The maximum Gasteiger partial charge on any atom is 0.326 e. The molecular weight excluding hydrogens is 300 g/mol. The van der Waals surface area contributed by atoms with Crippen molar-refractivity contribution in [3.8, 4) is 0 Å². The molecule has 1 aromatic heterocycles. The molecule has 1 aliphatic rings. The number of nitrogens with zero attached hydrogens (tertiary/aromatic N) is 3. The van der Waals surface area contributed by atoms with Crippen LogP contribution in [0.25, 0.3) is 0 Å². The van der Waals surface area contributed by atoms with E-state index >= 15 is 0 Å². The summed E-state index contributed by atoms with van der Waals surface area (Å²) < 4.78 is 5.19. The lowest BCUT2D eigenvalue weighted by Crippen LogP contribution is -2.37. The van der Waals surface area contributed by atoms with Gasteiger partial charge in [-0.3, -0.25) is 14.5 Å². The largest absolute Gasteiger partial charge is 0.361 e. The van der Waals surface area contributed by atoms with Gasteiger partial charge >= 0.3 is 6.03 Å². The van der Waals surface area contributed by atoms with Crippen molar-refractivity contribution in [2.75, 3.05) is 14.1 Å². The number of rotatable bonds is 6. The number of urea groups is 1. The molecule has 1 atom stereocenters. The number of carbonyl (C=O) groups is 3. The van der Waals surface area contributed by atoms with Gasteiger partial charge in [0.15, 0.2) is 0 Å². The van der Waals surface area contributed by atoms with Crippen molar-refractivity contribution in [1.82, 2.24) is 20.3 Å². The maximum absolute atomic E-state index is 12.0. The molecule has 8 heteroatoms. The lowest BCUT2D eigenvalue weighted by Gasteiger charge is -2.15. The van der Waals surface area contributed by atoms with E-state index in [0.717, 1.165) is 17.1 Å². The monoisotopic (exact) mass is 322 g/mol. The van der Waals surface area contributed by atoms with Crippen LogP contribution in [-0.4, -0.2) is 52.9 Å². The predicted octanol–water partition coefficient (Wildman–Crippen LogP) is 0.772. The molecule has 4 amide bonds. The van der Waals surface area contributed by atoms with Crippen LogP contribution in [0.1, 0.15) is 31.7 Å². The van der Waals surface area contributed by atoms with Gasteiger partial charge in [0.05, 0.1) is 13.0 Å². The molecule has 0 aliphatic carbocycles. The second-order valence-corrected chi connectivity index (χ2v) is 6.17. The summed E-state index contributed by atoms with van der Waals surface area (Å²) in [5.74, 6) is 0.561. The number of hydrogen-bond acceptors (Lipinski definition) is 5. The highest BCUT2D eigenvalue weighted by Crippen LogP contribution is 2.16. The molecule has 1 aromatic rings. The Morgan fingerprint density at radius 1 is 1.39 bits per heavy atom. The summed E-state index contributed by atoms with van der Waals surface area (Å²) in [7, 11) is 2.92. The van der Waals surface area contributed by atoms with Crippen LogP contribution in [-0.2, 0) is 22.6 Å². The summed E-state index contributed by atoms with van der Waals surface area (Å²) >= 11 is 0. The molecule has 2 rings (SSSR count). The highest BCUT2D eigenvalue weighted by molar-refractivity contribution is 6.05. The van der Waals surface area contributed by atoms with Crippen LogP contribution in [0.2, 0.25) is 0 Å². The molecule has 126 valence electrons. The summed E-state index contributed by atoms with van der Waals surface area (Å²) in [6.07, 6.45) is 0.721. The second-order valence-electron chi connectivity index (χ2n) is 6.17. The summed E-state index contributed by atoms with van der Waals surface area (Å²) in [5.41, 5.74) is 0.633. The first-order chi connectivity index (χ1) is 10.8. The fourth-order valence-corrected chi connectivity index (χ4v) is 2.45. The minimum Gasteiger partial charge on any atom is -0.361 e. The molecule has 0 spiro atoms. The van der Waals surface area contributed by atoms with Crippen LogP contribution >= 0.6 is 0 Å². The zero-order valence-corrected chi connectivity index (χ0v) is 13.8. The first-order valence-electron chi connectivity index (χ1n) is 7.55. The predicted molar refractivity (Wildman–Crippen MR) is 81.2 cm³/mol. The average molecular weight is 322 g/mol. The molecule has 0 unspecified atom stereocenters. The van der Waals surface area contributed by atoms with E-state index in [1.54, 1.807) is 0 Å². The molecule has 1 aliphatic heterocycles. The number of hydrogen-bond donors (Lipinski definition) is 1. The maximum atomic E-state index is 12.0. The molecule has 1 saturated heterocycles. The van der Waals surface area contributed by atoms with E-state index in [9.17, 15) is 14.4 Å². The molecule has 0 radical (unpaired) electrons. The van der Waals surface area contributed by atoms with Crippen molar-refractivity contribution in [2.45, 2.75) is 39.3 Å². The number of aromatic nitrogens is 1. The van der Waals surface area contributed by atoms with Gasteiger partial charge in [-0.15, -0.1) is 0 Å². The summed E-state index contributed by atoms with van der Waals surface area (Å²) in [4.78, 5) is 37.8. The SMILES string of the molecule is CC(C)Cc1cc(CNC(=O)C[C@H]2C(=O)N(C)C(=O)N2C)no1. The molecule has 0 bridgehead atoms. The second kappa shape index (κ2) is 6.80. The van der Waals surface area contributed by atoms with Crippen molar-refractivity contribution >= 4 is 17.8 Å². The van der Waals surface area contributed by atoms with Gasteiger partial charge in [0.2, 0.25) is 5.91 Å². The van der Waals surface area contributed by atoms with E-state index in [0.29, 0.717) is 11.6 Å². The summed E-state index contributed by atoms with van der Waals surface area (Å²) in [5, 5.41) is 6.59. The molecular formula is C15H22N4O4. The Balaban J connectivity index is 1.85. The zero-order chi connectivity index (χ0) is 17.1. The van der Waals surface area contributed by atoms with Crippen molar-refractivity contribution < 1.29 is 18.9 Å². The van der Waals surface area contributed by atoms with Crippen molar-refractivity contribution in [3.05, 3.63) is 17.5 Å². The fourth-order valence-electron chi connectivity index (χ4n) is 2.45. The van der Waals surface area contributed by atoms with E-state index in [2.05, 4.69) is 24.3 Å². The zero-order valence-electron chi connectivity index (χ0n) is 13.8. The average Bonchev–Trinajstić information content (AvgIpc) is 3.00. The van der Waals surface area contributed by atoms with Gasteiger partial charge in [-0.05, 0) is 5.92 Å². The van der Waals surface area contributed by atoms with Crippen LogP contribution in [0.15, 0.2) is 10.6 Å². The Morgan fingerprint density at radius 2 is 2.09 bits per heavy atom. The van der Waals surface area contributed by atoms with Crippen LogP contribution in [0, 0.1) is 5.92 Å². The van der Waals surface area contributed by atoms with E-state index in [-0.39, 0.29) is 24.8 Å². The minimum atomic E-state index is -0.749. The van der Waals surface area contributed by atoms with E-state index in [4.69, 9.17) is 4.52 Å². The first kappa shape index (κ1) is 17.0. The molecule has 23 heavy (non-hydrogen) atoms. The normalized spacial score (nSPS) is 18.2. The van der Waals surface area contributed by atoms with Gasteiger partial charge in [-0.1, -0.05) is 19.0 Å². The Bertz CT molecular complexity index is 610.